The molecule has 0 rings (SSSR count). The molecule has 320 valence electrons. The Kier molecular flexibility index (Phi) is 12.1. The largest absolute Gasteiger partial charge is 0.590 e. The quantitative estimate of drug-likeness (QED) is 0.153. The fraction of sp³-hybridized carbons (Fsp3) is 1.00. The molecule has 0 aromatic carbocycles. The van der Waals surface area contributed by atoms with Gasteiger partial charge in [0.05, 0.1) is 0 Å². The van der Waals surface area contributed by atoms with Gasteiger partial charge in [0.15, 0.2) is 0 Å². The van der Waals surface area contributed by atoms with Gasteiger partial charge in [0.1, 0.15) is 0 Å². The molecule has 0 aromatic heterocycles. The first-order valence-electron chi connectivity index (χ1n) is 10.7. The first-order valence-corrected chi connectivity index (χ1v) is 12.4. The van der Waals surface area contributed by atoms with E-state index in [9.17, 15) is 149 Å². The summed E-state index contributed by atoms with van der Waals surface area (Å²) in [6.07, 6.45) is -64.3. The molecule has 0 aliphatic rings. The lowest BCUT2D eigenvalue weighted by molar-refractivity contribution is -0.480. The minimum Gasteiger partial charge on any atom is -0.324 e. The van der Waals surface area contributed by atoms with Gasteiger partial charge in [-0.2, -0.15) is 149 Å². The monoisotopic (exact) mass is 902 g/mol. The molecule has 0 aliphatic heterocycles. The molecule has 0 heterocycles. The van der Waals surface area contributed by atoms with E-state index in [1.54, 1.807) is 0 Å². The molecule has 0 spiro atoms. The first-order chi connectivity index (χ1) is 22.1. The molecular weight excluding hydrogens is 902 g/mol. The maximum absolute atomic E-state index is 14.9. The summed E-state index contributed by atoms with van der Waals surface area (Å²) < 4.78 is 458. The molecule has 0 fully saturated rings. The van der Waals surface area contributed by atoms with Crippen molar-refractivity contribution in [3.8, 4) is 0 Å². The van der Waals surface area contributed by atoms with Crippen LogP contribution in [0.4, 0.5) is 149 Å². The Hall–Kier alpha value is -2.28. The van der Waals surface area contributed by atoms with Crippen molar-refractivity contribution < 1.29 is 163 Å². The maximum Gasteiger partial charge on any atom is 0.590 e. The molecule has 0 aromatic rings. The highest BCUT2D eigenvalue weighted by atomic mass is 28.4. The summed E-state index contributed by atoms with van der Waals surface area (Å²) in [6, 6.07) is 0. The van der Waals surface area contributed by atoms with Gasteiger partial charge in [-0.3, -0.25) is 0 Å². The van der Waals surface area contributed by atoms with E-state index in [-0.39, 0.29) is 0 Å². The molecule has 0 saturated carbocycles. The van der Waals surface area contributed by atoms with E-state index in [2.05, 4.69) is 0 Å². The van der Waals surface area contributed by atoms with Crippen molar-refractivity contribution in [1.82, 2.24) is 0 Å². The van der Waals surface area contributed by atoms with Crippen molar-refractivity contribution in [3.05, 3.63) is 0 Å². The number of alkyl halides is 34. The minimum absolute atomic E-state index is 0.747. The highest BCUT2D eigenvalue weighted by molar-refractivity contribution is 6.64. The van der Waals surface area contributed by atoms with Crippen LogP contribution in [0.2, 0.25) is 0 Å². The van der Waals surface area contributed by atoms with Crippen LogP contribution < -0.4 is 0 Å². The van der Waals surface area contributed by atoms with Gasteiger partial charge in [0.2, 0.25) is 0 Å². The number of hydrogen-bond acceptors (Lipinski definition) is 3. The van der Waals surface area contributed by atoms with Gasteiger partial charge >= 0.3 is 98.8 Å². The van der Waals surface area contributed by atoms with Gasteiger partial charge in [-0.1, -0.05) is 0 Å². The fourth-order valence-corrected chi connectivity index (χ4v) is 5.51. The second-order valence-electron chi connectivity index (χ2n) is 9.00. The van der Waals surface area contributed by atoms with Gasteiger partial charge in [0.25, 0.3) is 0 Å². The van der Waals surface area contributed by atoms with E-state index in [4.69, 9.17) is 0 Å². The van der Waals surface area contributed by atoms with Crippen molar-refractivity contribution >= 4 is 8.80 Å². The summed E-state index contributed by atoms with van der Waals surface area (Å²) in [4.78, 5) is 0. The van der Waals surface area contributed by atoms with Crippen LogP contribution in [0.25, 0.3) is 0 Å². The van der Waals surface area contributed by atoms with E-state index < -0.39 is 98.8 Å². The first kappa shape index (κ1) is 50.7. The molecule has 0 aliphatic carbocycles. The molecule has 38 heteroatoms. The summed E-state index contributed by atoms with van der Waals surface area (Å²) in [5, 5.41) is 0. The SMILES string of the molecule is FC(F)(F)C(F)(F)C(F)(O[Si](OC(F)(C(F)(F)F)C(F)(F)C(F)(F)F)(OC(F)(C(F)(F)F)C(F)(F)C(F)(F)F)C(F)(F)C(F)(F)C(F)(F)F)C(F)(F)F. The van der Waals surface area contributed by atoms with Crippen LogP contribution in [0.1, 0.15) is 0 Å². The van der Waals surface area contributed by atoms with Crippen molar-refractivity contribution in [2.24, 2.45) is 0 Å². The lowest BCUT2D eigenvalue weighted by atomic mass is 10.1. The topological polar surface area (TPSA) is 27.7 Å². The van der Waals surface area contributed by atoms with Crippen LogP contribution in [0.3, 0.4) is 0 Å². The Morgan fingerprint density at radius 2 is 0.358 bits per heavy atom. The molecular formula is C15F34O3Si. The fourth-order valence-electron chi connectivity index (χ4n) is 2.63. The summed E-state index contributed by atoms with van der Waals surface area (Å²) in [5.41, 5.74) is -10.4. The number of rotatable bonds is 11. The maximum atomic E-state index is 14.9. The van der Waals surface area contributed by atoms with Crippen LogP contribution in [0, 0.1) is 0 Å². The molecule has 0 amide bonds. The molecule has 0 radical (unpaired) electrons. The van der Waals surface area contributed by atoms with Crippen LogP contribution in [-0.4, -0.2) is 98.8 Å². The Morgan fingerprint density at radius 3 is 0.472 bits per heavy atom. The molecule has 53 heavy (non-hydrogen) atoms. The zero-order chi connectivity index (χ0) is 44.1. The molecule has 0 bridgehead atoms. The molecule has 3 unspecified atom stereocenters. The summed E-state index contributed by atoms with van der Waals surface area (Å²) >= 11 is 0. The Bertz CT molecular complexity index is 1160. The van der Waals surface area contributed by atoms with E-state index in [1.165, 1.54) is 0 Å². The average Bonchev–Trinajstić information content (AvgIpc) is 2.83. The predicted octanol–water partition coefficient (Wildman–Crippen LogP) is 10.6. The number of halogens is 34. The normalized spacial score (nSPS) is 20.7. The Morgan fingerprint density at radius 1 is 0.208 bits per heavy atom. The lowest BCUT2D eigenvalue weighted by Gasteiger charge is -2.49. The van der Waals surface area contributed by atoms with Gasteiger partial charge in [-0.15, -0.1) is 0 Å². The predicted molar refractivity (Wildman–Crippen MR) is 87.6 cm³/mol. The third kappa shape index (κ3) is 7.40. The number of hydrogen-bond donors (Lipinski definition) is 0. The average molecular weight is 902 g/mol. The minimum atomic E-state index is -13.1. The van der Waals surface area contributed by atoms with Gasteiger partial charge < -0.3 is 13.3 Å². The van der Waals surface area contributed by atoms with Gasteiger partial charge in [0, 0.05) is 0 Å². The zero-order valence-corrected chi connectivity index (χ0v) is 23.1. The third-order valence-electron chi connectivity index (χ3n) is 5.33. The van der Waals surface area contributed by atoms with Gasteiger partial charge in [-0.05, 0) is 0 Å². The molecule has 0 saturated heterocycles. The summed E-state index contributed by atoms with van der Waals surface area (Å²) in [6.45, 7) is 0. The van der Waals surface area contributed by atoms with E-state index >= 15 is 0 Å². The standard InChI is InChI=1S/C15F34O3Si/c16-1(17,8(27,28)29)5(24,12(39,40)41)50-53(15(48,49)4(22,23)11(36,37)38,51-6(25,13(42,43)44)2(18,19)9(30,31)32)52-7(26,14(45,46)47)3(20,21)10(33,34)35. The lowest BCUT2D eigenvalue weighted by Crippen LogP contribution is -2.83. The van der Waals surface area contributed by atoms with E-state index in [1.807, 2.05) is 0 Å². The highest BCUT2D eigenvalue weighted by Gasteiger charge is 2.98. The Balaban J connectivity index is 9.83. The molecule has 0 N–H and O–H groups in total. The van der Waals surface area contributed by atoms with Crippen molar-refractivity contribution in [2.45, 2.75) is 90.0 Å². The van der Waals surface area contributed by atoms with Crippen LogP contribution in [0.5, 0.6) is 0 Å². The Labute approximate surface area is 263 Å². The van der Waals surface area contributed by atoms with E-state index in [0.717, 1.165) is 13.3 Å². The van der Waals surface area contributed by atoms with Crippen LogP contribution in [0.15, 0.2) is 0 Å². The molecule has 3 nitrogen and oxygen atoms in total. The van der Waals surface area contributed by atoms with Crippen LogP contribution in [-0.2, 0) is 13.3 Å². The highest BCUT2D eigenvalue weighted by Crippen LogP contribution is 2.65. The smallest absolute Gasteiger partial charge is 0.324 e. The van der Waals surface area contributed by atoms with Crippen LogP contribution >= 0.6 is 0 Å². The van der Waals surface area contributed by atoms with E-state index in [0.29, 0.717) is 0 Å². The summed E-state index contributed by atoms with van der Waals surface area (Å²) in [7, 11) is -13.1. The summed E-state index contributed by atoms with van der Waals surface area (Å²) in [5.74, 6) is -68.4. The van der Waals surface area contributed by atoms with Crippen molar-refractivity contribution in [3.63, 3.8) is 0 Å². The van der Waals surface area contributed by atoms with Gasteiger partial charge in [-0.25, -0.2) is 0 Å². The third-order valence-corrected chi connectivity index (χ3v) is 8.07. The molecule has 3 atom stereocenters. The second-order valence-corrected chi connectivity index (χ2v) is 11.4. The van der Waals surface area contributed by atoms with Crippen molar-refractivity contribution in [2.75, 3.05) is 0 Å². The van der Waals surface area contributed by atoms with Crippen molar-refractivity contribution in [1.29, 1.82) is 0 Å². The zero-order valence-electron chi connectivity index (χ0n) is 22.1. The second kappa shape index (κ2) is 12.6.